The van der Waals surface area contributed by atoms with Crippen molar-refractivity contribution in [2.75, 3.05) is 58.5 Å². The Bertz CT molecular complexity index is 540. The number of urea groups is 1. The number of rotatable bonds is 6. The molecule has 2 amide bonds. The Balaban J connectivity index is 1.52. The lowest BCUT2D eigenvalue weighted by Crippen LogP contribution is -2.52. The van der Waals surface area contributed by atoms with Gasteiger partial charge in [0.05, 0.1) is 26.9 Å². The molecular formula is C18H27N3O4. The summed E-state index contributed by atoms with van der Waals surface area (Å²) in [5, 5.41) is 5.88. The quantitative estimate of drug-likeness (QED) is 0.815. The topological polar surface area (TPSA) is 72.1 Å². The lowest BCUT2D eigenvalue weighted by atomic mass is 9.97. The van der Waals surface area contributed by atoms with Gasteiger partial charge in [0, 0.05) is 43.9 Å². The first-order valence-electron chi connectivity index (χ1n) is 8.84. The van der Waals surface area contributed by atoms with Gasteiger partial charge in [0.1, 0.15) is 5.75 Å². The molecule has 2 aliphatic rings. The summed E-state index contributed by atoms with van der Waals surface area (Å²) in [4.78, 5) is 14.7. The van der Waals surface area contributed by atoms with E-state index in [9.17, 15) is 4.79 Å². The molecule has 138 valence electrons. The third-order valence-electron chi connectivity index (χ3n) is 4.84. The van der Waals surface area contributed by atoms with Gasteiger partial charge in [-0.1, -0.05) is 0 Å². The molecule has 0 bridgehead atoms. The number of carbonyl (C=O) groups is 1. The van der Waals surface area contributed by atoms with Gasteiger partial charge in [-0.15, -0.1) is 0 Å². The minimum atomic E-state index is -0.192. The fourth-order valence-corrected chi connectivity index (χ4v) is 3.41. The molecule has 0 aromatic heterocycles. The Labute approximate surface area is 148 Å². The summed E-state index contributed by atoms with van der Waals surface area (Å²) < 4.78 is 16.1. The molecule has 7 nitrogen and oxygen atoms in total. The summed E-state index contributed by atoms with van der Waals surface area (Å²) in [6, 6.07) is 7.38. The molecule has 0 spiro atoms. The lowest BCUT2D eigenvalue weighted by molar-refractivity contribution is 0.00222. The molecule has 2 heterocycles. The van der Waals surface area contributed by atoms with Crippen LogP contribution in [-0.2, 0) is 9.47 Å². The van der Waals surface area contributed by atoms with E-state index in [0.717, 1.165) is 57.4 Å². The monoisotopic (exact) mass is 349 g/mol. The number of benzene rings is 1. The number of morpholine rings is 1. The molecule has 0 radical (unpaired) electrons. The number of amides is 2. The second kappa shape index (κ2) is 9.03. The van der Waals surface area contributed by atoms with Crippen LogP contribution in [0.2, 0.25) is 0 Å². The van der Waals surface area contributed by atoms with Crippen LogP contribution in [-0.4, -0.2) is 70.1 Å². The van der Waals surface area contributed by atoms with Gasteiger partial charge in [0.25, 0.3) is 0 Å². The maximum Gasteiger partial charge on any atom is 0.319 e. The average molecular weight is 349 g/mol. The van der Waals surface area contributed by atoms with Crippen LogP contribution in [0.1, 0.15) is 6.42 Å². The third kappa shape index (κ3) is 5.07. The molecule has 0 saturated carbocycles. The second-order valence-electron chi connectivity index (χ2n) is 6.40. The van der Waals surface area contributed by atoms with Crippen molar-refractivity contribution in [3.8, 4) is 5.75 Å². The van der Waals surface area contributed by atoms with Crippen molar-refractivity contribution in [3.63, 3.8) is 0 Å². The van der Waals surface area contributed by atoms with E-state index in [4.69, 9.17) is 14.2 Å². The normalized spacial score (nSPS) is 22.4. The van der Waals surface area contributed by atoms with Gasteiger partial charge in [-0.3, -0.25) is 4.90 Å². The van der Waals surface area contributed by atoms with Crippen molar-refractivity contribution >= 4 is 11.7 Å². The summed E-state index contributed by atoms with van der Waals surface area (Å²) in [6.45, 7) is 5.50. The molecule has 25 heavy (non-hydrogen) atoms. The van der Waals surface area contributed by atoms with Crippen LogP contribution in [0.25, 0.3) is 0 Å². The van der Waals surface area contributed by atoms with Gasteiger partial charge in [-0.05, 0) is 30.7 Å². The molecule has 3 rings (SSSR count). The molecule has 2 fully saturated rings. The highest BCUT2D eigenvalue weighted by Crippen LogP contribution is 2.22. The molecule has 2 N–H and O–H groups in total. The van der Waals surface area contributed by atoms with Crippen molar-refractivity contribution < 1.29 is 19.0 Å². The van der Waals surface area contributed by atoms with Gasteiger partial charge < -0.3 is 24.8 Å². The van der Waals surface area contributed by atoms with Crippen LogP contribution in [0, 0.1) is 5.92 Å². The molecule has 2 saturated heterocycles. The Morgan fingerprint density at radius 3 is 2.64 bits per heavy atom. The fourth-order valence-electron chi connectivity index (χ4n) is 3.41. The smallest absolute Gasteiger partial charge is 0.319 e. The van der Waals surface area contributed by atoms with Gasteiger partial charge in [0.15, 0.2) is 0 Å². The SMILES string of the molecule is COc1ccc(NC(=O)NC[C@H]([C@@H]2CCOC2)N2CCOCC2)cc1. The van der Waals surface area contributed by atoms with Gasteiger partial charge in [-0.25, -0.2) is 4.79 Å². The van der Waals surface area contributed by atoms with Crippen LogP contribution < -0.4 is 15.4 Å². The van der Waals surface area contributed by atoms with E-state index in [1.54, 1.807) is 7.11 Å². The largest absolute Gasteiger partial charge is 0.497 e. The van der Waals surface area contributed by atoms with E-state index in [0.29, 0.717) is 12.5 Å². The van der Waals surface area contributed by atoms with Crippen molar-refractivity contribution in [3.05, 3.63) is 24.3 Å². The third-order valence-corrected chi connectivity index (χ3v) is 4.84. The highest BCUT2D eigenvalue weighted by molar-refractivity contribution is 5.89. The molecule has 0 unspecified atom stereocenters. The Morgan fingerprint density at radius 1 is 1.24 bits per heavy atom. The first kappa shape index (κ1) is 18.0. The van der Waals surface area contributed by atoms with E-state index in [1.165, 1.54) is 0 Å². The maximum atomic E-state index is 12.2. The van der Waals surface area contributed by atoms with E-state index in [2.05, 4.69) is 15.5 Å². The van der Waals surface area contributed by atoms with Crippen LogP contribution >= 0.6 is 0 Å². The molecule has 7 heteroatoms. The zero-order chi connectivity index (χ0) is 17.5. The number of hydrogen-bond acceptors (Lipinski definition) is 5. The average Bonchev–Trinajstić information content (AvgIpc) is 3.18. The maximum absolute atomic E-state index is 12.2. The predicted molar refractivity (Wildman–Crippen MR) is 95.1 cm³/mol. The van der Waals surface area contributed by atoms with E-state index in [-0.39, 0.29) is 12.1 Å². The van der Waals surface area contributed by atoms with Crippen molar-refractivity contribution in [2.24, 2.45) is 5.92 Å². The minimum absolute atomic E-state index is 0.192. The number of nitrogens with one attached hydrogen (secondary N) is 2. The zero-order valence-electron chi connectivity index (χ0n) is 14.7. The number of ether oxygens (including phenoxy) is 3. The van der Waals surface area contributed by atoms with Gasteiger partial charge in [0.2, 0.25) is 0 Å². The number of hydrogen-bond donors (Lipinski definition) is 2. The number of anilines is 1. The molecule has 1 aromatic rings. The van der Waals surface area contributed by atoms with Crippen LogP contribution in [0.4, 0.5) is 10.5 Å². The van der Waals surface area contributed by atoms with E-state index < -0.39 is 0 Å². The lowest BCUT2D eigenvalue weighted by Gasteiger charge is -2.37. The Kier molecular flexibility index (Phi) is 6.49. The zero-order valence-corrected chi connectivity index (χ0v) is 14.7. The second-order valence-corrected chi connectivity index (χ2v) is 6.40. The molecular weight excluding hydrogens is 322 g/mol. The summed E-state index contributed by atoms with van der Waals surface area (Å²) in [6.07, 6.45) is 1.05. The summed E-state index contributed by atoms with van der Waals surface area (Å²) in [5.74, 6) is 1.22. The summed E-state index contributed by atoms with van der Waals surface area (Å²) in [5.41, 5.74) is 0.741. The standard InChI is InChI=1S/C18H27N3O4/c1-23-16-4-2-15(3-5-16)20-18(22)19-12-17(14-6-9-25-13-14)21-7-10-24-11-8-21/h2-5,14,17H,6-13H2,1H3,(H2,19,20,22)/t14-,17-/m1/s1. The summed E-state index contributed by atoms with van der Waals surface area (Å²) >= 11 is 0. The molecule has 2 aliphatic heterocycles. The highest BCUT2D eigenvalue weighted by atomic mass is 16.5. The van der Waals surface area contributed by atoms with Gasteiger partial charge >= 0.3 is 6.03 Å². The first-order valence-corrected chi connectivity index (χ1v) is 8.84. The van der Waals surface area contributed by atoms with Crippen LogP contribution in [0.5, 0.6) is 5.75 Å². The molecule has 2 atom stereocenters. The van der Waals surface area contributed by atoms with E-state index in [1.807, 2.05) is 24.3 Å². The number of carbonyl (C=O) groups excluding carboxylic acids is 1. The predicted octanol–water partition coefficient (Wildman–Crippen LogP) is 1.55. The van der Waals surface area contributed by atoms with Crippen molar-refractivity contribution in [1.82, 2.24) is 10.2 Å². The van der Waals surface area contributed by atoms with Crippen LogP contribution in [0.15, 0.2) is 24.3 Å². The van der Waals surface area contributed by atoms with E-state index >= 15 is 0 Å². The fraction of sp³-hybridized carbons (Fsp3) is 0.611. The molecule has 1 aromatic carbocycles. The van der Waals surface area contributed by atoms with Crippen LogP contribution in [0.3, 0.4) is 0 Å². The van der Waals surface area contributed by atoms with Crippen molar-refractivity contribution in [2.45, 2.75) is 12.5 Å². The molecule has 0 aliphatic carbocycles. The van der Waals surface area contributed by atoms with Crippen molar-refractivity contribution in [1.29, 1.82) is 0 Å². The highest BCUT2D eigenvalue weighted by Gasteiger charge is 2.31. The Hall–Kier alpha value is -1.83. The van der Waals surface area contributed by atoms with Gasteiger partial charge in [-0.2, -0.15) is 0 Å². The Morgan fingerprint density at radius 2 is 2.00 bits per heavy atom. The minimum Gasteiger partial charge on any atom is -0.497 e. The summed E-state index contributed by atoms with van der Waals surface area (Å²) in [7, 11) is 1.62. The first-order chi connectivity index (χ1) is 12.3. The number of methoxy groups -OCH3 is 1. The number of nitrogens with zero attached hydrogens (tertiary/aromatic N) is 1.